The number of aromatic nitrogens is 4. The maximum Gasteiger partial charge on any atom is 0.315 e. The fourth-order valence-corrected chi connectivity index (χ4v) is 3.20. The van der Waals surface area contributed by atoms with E-state index >= 15 is 0 Å². The Morgan fingerprint density at radius 2 is 2.03 bits per heavy atom. The molecule has 0 bridgehead atoms. The predicted octanol–water partition coefficient (Wildman–Crippen LogP) is 3.06. The van der Waals surface area contributed by atoms with Crippen LogP contribution in [0.2, 0.25) is 0 Å². The minimum Gasteiger partial charge on any atom is -0.468 e. The SMILES string of the molecule is COC(=O)C(Cc1ccc(N)nc1)c1cn(Cc2cc(-c3ccccc3)on2)cn1. The molecule has 0 saturated carbocycles. The third kappa shape index (κ3) is 4.38. The average Bonchev–Trinajstić information content (AvgIpc) is 3.43. The first-order valence-electron chi connectivity index (χ1n) is 9.43. The van der Waals surface area contributed by atoms with E-state index in [2.05, 4.69) is 15.1 Å². The Balaban J connectivity index is 1.50. The number of imidazole rings is 1. The van der Waals surface area contributed by atoms with Crippen LogP contribution in [-0.2, 0) is 22.5 Å². The van der Waals surface area contributed by atoms with Crippen molar-refractivity contribution in [3.63, 3.8) is 0 Å². The third-order valence-corrected chi connectivity index (χ3v) is 4.75. The van der Waals surface area contributed by atoms with Crippen LogP contribution in [0.4, 0.5) is 5.82 Å². The van der Waals surface area contributed by atoms with Crippen LogP contribution < -0.4 is 5.73 Å². The summed E-state index contributed by atoms with van der Waals surface area (Å²) in [7, 11) is 1.37. The first-order chi connectivity index (χ1) is 14.6. The van der Waals surface area contributed by atoms with Crippen LogP contribution in [0, 0.1) is 0 Å². The highest BCUT2D eigenvalue weighted by molar-refractivity contribution is 5.77. The minimum atomic E-state index is -0.543. The number of carbonyl (C=O) groups is 1. The summed E-state index contributed by atoms with van der Waals surface area (Å²) in [6.07, 6.45) is 5.56. The smallest absolute Gasteiger partial charge is 0.315 e. The molecule has 8 nitrogen and oxygen atoms in total. The number of methoxy groups -OCH3 is 1. The summed E-state index contributed by atoms with van der Waals surface area (Å²) in [6, 6.07) is 15.2. The van der Waals surface area contributed by atoms with Crippen molar-refractivity contribution < 1.29 is 14.1 Å². The molecule has 0 spiro atoms. The van der Waals surface area contributed by atoms with E-state index in [9.17, 15) is 4.79 Å². The second-order valence-electron chi connectivity index (χ2n) is 6.89. The third-order valence-electron chi connectivity index (χ3n) is 4.75. The molecule has 4 aromatic rings. The van der Waals surface area contributed by atoms with Crippen LogP contribution in [0.1, 0.15) is 22.9 Å². The van der Waals surface area contributed by atoms with Crippen LogP contribution in [0.25, 0.3) is 11.3 Å². The van der Waals surface area contributed by atoms with Gasteiger partial charge in [-0.1, -0.05) is 41.6 Å². The van der Waals surface area contributed by atoms with Crippen LogP contribution in [-0.4, -0.2) is 32.8 Å². The molecule has 0 amide bonds. The molecule has 3 aromatic heterocycles. The molecule has 30 heavy (non-hydrogen) atoms. The molecular formula is C22H21N5O3. The lowest BCUT2D eigenvalue weighted by atomic mass is 9.98. The second kappa shape index (κ2) is 8.60. The Morgan fingerprint density at radius 3 is 2.77 bits per heavy atom. The van der Waals surface area contributed by atoms with Gasteiger partial charge in [0.2, 0.25) is 0 Å². The number of ether oxygens (including phenoxy) is 1. The summed E-state index contributed by atoms with van der Waals surface area (Å²) in [5.74, 6) is 0.234. The number of hydrogen-bond donors (Lipinski definition) is 1. The Bertz CT molecular complexity index is 1120. The fourth-order valence-electron chi connectivity index (χ4n) is 3.20. The summed E-state index contributed by atoms with van der Waals surface area (Å²) in [5.41, 5.74) is 8.85. The number of nitrogens with two attached hydrogens (primary N) is 1. The van der Waals surface area contributed by atoms with Crippen LogP contribution >= 0.6 is 0 Å². The van der Waals surface area contributed by atoms with Gasteiger partial charge in [-0.2, -0.15) is 0 Å². The summed E-state index contributed by atoms with van der Waals surface area (Å²) in [6.45, 7) is 0.473. The van der Waals surface area contributed by atoms with Crippen molar-refractivity contribution in [2.45, 2.75) is 18.9 Å². The summed E-state index contributed by atoms with van der Waals surface area (Å²) in [4.78, 5) is 20.9. The maximum absolute atomic E-state index is 12.4. The first kappa shape index (κ1) is 19.4. The quantitative estimate of drug-likeness (QED) is 0.472. The largest absolute Gasteiger partial charge is 0.468 e. The zero-order valence-corrected chi connectivity index (χ0v) is 16.4. The average molecular weight is 403 g/mol. The number of hydrogen-bond acceptors (Lipinski definition) is 7. The molecule has 0 saturated heterocycles. The molecule has 1 atom stereocenters. The van der Waals surface area contributed by atoms with Gasteiger partial charge in [0.25, 0.3) is 0 Å². The maximum atomic E-state index is 12.4. The molecule has 0 aliphatic carbocycles. The lowest BCUT2D eigenvalue weighted by Crippen LogP contribution is -2.17. The highest BCUT2D eigenvalue weighted by Crippen LogP contribution is 2.23. The number of benzene rings is 1. The number of anilines is 1. The van der Waals surface area contributed by atoms with Crippen molar-refractivity contribution in [1.82, 2.24) is 19.7 Å². The number of esters is 1. The number of carbonyl (C=O) groups excluding carboxylic acids is 1. The molecule has 152 valence electrons. The number of nitrogens with zero attached hydrogens (tertiary/aromatic N) is 4. The molecule has 4 rings (SSSR count). The molecule has 8 heteroatoms. The van der Waals surface area contributed by atoms with Gasteiger partial charge in [-0.3, -0.25) is 4.79 Å². The van der Waals surface area contributed by atoms with Gasteiger partial charge < -0.3 is 19.6 Å². The van der Waals surface area contributed by atoms with Crippen molar-refractivity contribution in [3.05, 3.63) is 84.2 Å². The summed E-state index contributed by atoms with van der Waals surface area (Å²) < 4.78 is 12.3. The topological polar surface area (TPSA) is 109 Å². The van der Waals surface area contributed by atoms with Crippen molar-refractivity contribution >= 4 is 11.8 Å². The molecule has 0 aliphatic rings. The number of pyridine rings is 1. The number of rotatable bonds is 7. The fraction of sp³-hybridized carbons (Fsp3) is 0.182. The molecule has 1 aromatic carbocycles. The Hall–Kier alpha value is -3.94. The van der Waals surface area contributed by atoms with Crippen LogP contribution in [0.5, 0.6) is 0 Å². The van der Waals surface area contributed by atoms with E-state index < -0.39 is 5.92 Å². The molecule has 1 unspecified atom stereocenters. The van der Waals surface area contributed by atoms with E-state index in [1.165, 1.54) is 7.11 Å². The van der Waals surface area contributed by atoms with Crippen molar-refractivity contribution in [1.29, 1.82) is 0 Å². The van der Waals surface area contributed by atoms with E-state index in [-0.39, 0.29) is 5.97 Å². The van der Waals surface area contributed by atoms with Gasteiger partial charge in [0.05, 0.1) is 25.7 Å². The Labute approximate surface area is 173 Å². The molecular weight excluding hydrogens is 382 g/mol. The lowest BCUT2D eigenvalue weighted by molar-refractivity contribution is -0.142. The molecule has 2 N–H and O–H groups in total. The Kier molecular flexibility index (Phi) is 5.56. The lowest BCUT2D eigenvalue weighted by Gasteiger charge is -2.12. The van der Waals surface area contributed by atoms with Gasteiger partial charge in [0, 0.05) is 24.0 Å². The van der Waals surface area contributed by atoms with Crippen LogP contribution in [0.3, 0.4) is 0 Å². The van der Waals surface area contributed by atoms with Crippen molar-refractivity contribution in [2.24, 2.45) is 0 Å². The van der Waals surface area contributed by atoms with Gasteiger partial charge in [-0.25, -0.2) is 9.97 Å². The monoisotopic (exact) mass is 403 g/mol. The van der Waals surface area contributed by atoms with Crippen molar-refractivity contribution in [3.8, 4) is 11.3 Å². The van der Waals surface area contributed by atoms with E-state index in [4.69, 9.17) is 15.0 Å². The van der Waals surface area contributed by atoms with E-state index in [0.29, 0.717) is 30.2 Å². The van der Waals surface area contributed by atoms with E-state index in [0.717, 1.165) is 16.8 Å². The minimum absolute atomic E-state index is 0.357. The highest BCUT2D eigenvalue weighted by atomic mass is 16.5. The van der Waals surface area contributed by atoms with E-state index in [1.807, 2.05) is 53.2 Å². The number of nitrogen functional groups attached to an aromatic ring is 1. The summed E-state index contributed by atoms with van der Waals surface area (Å²) in [5, 5.41) is 4.13. The van der Waals surface area contributed by atoms with Gasteiger partial charge >= 0.3 is 5.97 Å². The van der Waals surface area contributed by atoms with Crippen molar-refractivity contribution in [2.75, 3.05) is 12.8 Å². The molecule has 0 radical (unpaired) electrons. The molecule has 0 fully saturated rings. The van der Waals surface area contributed by atoms with Gasteiger partial charge in [-0.05, 0) is 18.1 Å². The van der Waals surface area contributed by atoms with Gasteiger partial charge in [0.15, 0.2) is 5.76 Å². The zero-order valence-electron chi connectivity index (χ0n) is 16.4. The van der Waals surface area contributed by atoms with E-state index in [1.54, 1.807) is 18.6 Å². The zero-order chi connectivity index (χ0) is 20.9. The first-order valence-corrected chi connectivity index (χ1v) is 9.43. The molecule has 3 heterocycles. The standard InChI is InChI=1S/C22H21N5O3/c1-29-22(28)18(9-15-7-8-21(23)24-11-15)19-13-27(14-25-19)12-17-10-20(30-26-17)16-5-3-2-4-6-16/h2-8,10-11,13-14,18H,9,12H2,1H3,(H2,23,24). The predicted molar refractivity (Wildman–Crippen MR) is 110 cm³/mol. The van der Waals surface area contributed by atoms with Crippen LogP contribution in [0.15, 0.2) is 71.8 Å². The molecule has 0 aliphatic heterocycles. The Morgan fingerprint density at radius 1 is 1.20 bits per heavy atom. The highest BCUT2D eigenvalue weighted by Gasteiger charge is 2.24. The normalized spacial score (nSPS) is 11.9. The second-order valence-corrected chi connectivity index (χ2v) is 6.89. The van der Waals surface area contributed by atoms with Gasteiger partial charge in [-0.15, -0.1) is 0 Å². The summed E-state index contributed by atoms with van der Waals surface area (Å²) >= 11 is 0. The van der Waals surface area contributed by atoms with Gasteiger partial charge in [0.1, 0.15) is 17.4 Å².